The summed E-state index contributed by atoms with van der Waals surface area (Å²) in [6.45, 7) is 2.04. The van der Waals surface area contributed by atoms with Crippen LogP contribution in [0.5, 0.6) is 0 Å². The molecule has 14 heavy (non-hydrogen) atoms. The normalized spacial score (nSPS) is 10.4. The maximum atomic E-state index is 5.39. The van der Waals surface area contributed by atoms with Gasteiger partial charge >= 0.3 is 0 Å². The van der Waals surface area contributed by atoms with E-state index < -0.39 is 0 Å². The highest BCUT2D eigenvalue weighted by molar-refractivity contribution is 7.99. The van der Waals surface area contributed by atoms with E-state index in [1.807, 2.05) is 25.1 Å². The lowest BCUT2D eigenvalue weighted by molar-refractivity contribution is 0.464. The molecule has 0 N–H and O–H groups in total. The lowest BCUT2D eigenvalue weighted by Crippen LogP contribution is -1.80. The molecule has 2 rings (SSSR count). The Morgan fingerprint density at radius 3 is 3.00 bits per heavy atom. The predicted octanol–water partition coefficient (Wildman–Crippen LogP) is 2.24. The fraction of sp³-hybridized carbons (Fsp3) is 0.222. The second kappa shape index (κ2) is 4.23. The fourth-order valence-electron chi connectivity index (χ4n) is 0.984. The maximum Gasteiger partial charge on any atom is 0.276 e. The summed E-state index contributed by atoms with van der Waals surface area (Å²) in [7, 11) is 0. The van der Waals surface area contributed by atoms with E-state index in [2.05, 4.69) is 15.2 Å². The van der Waals surface area contributed by atoms with Gasteiger partial charge < -0.3 is 4.42 Å². The maximum absolute atomic E-state index is 5.39. The third kappa shape index (κ3) is 1.93. The summed E-state index contributed by atoms with van der Waals surface area (Å²) in [5.74, 6) is 1.39. The van der Waals surface area contributed by atoms with Crippen molar-refractivity contribution in [1.82, 2.24) is 15.2 Å². The molecule has 5 heteroatoms. The monoisotopic (exact) mass is 207 g/mol. The molecule has 0 aliphatic heterocycles. The molecule has 0 fully saturated rings. The molecule has 0 saturated carbocycles. The molecule has 2 aromatic heterocycles. The molecule has 0 unspecified atom stereocenters. The Morgan fingerprint density at radius 2 is 2.29 bits per heavy atom. The number of nitrogens with zero attached hydrogens (tertiary/aromatic N) is 3. The summed E-state index contributed by atoms with van der Waals surface area (Å²) in [5, 5.41) is 8.38. The molecule has 0 aliphatic rings. The topological polar surface area (TPSA) is 51.8 Å². The van der Waals surface area contributed by atoms with E-state index in [9.17, 15) is 0 Å². The largest absolute Gasteiger partial charge is 0.410 e. The summed E-state index contributed by atoms with van der Waals surface area (Å²) >= 11 is 1.52. The zero-order valence-corrected chi connectivity index (χ0v) is 8.49. The van der Waals surface area contributed by atoms with Crippen LogP contribution >= 0.6 is 11.8 Å². The zero-order valence-electron chi connectivity index (χ0n) is 7.67. The summed E-state index contributed by atoms with van der Waals surface area (Å²) in [6.07, 6.45) is 1.70. The SMILES string of the molecule is CCSc1nnc(-c2ccccn2)o1. The molecular formula is C9H9N3OS. The Bertz CT molecular complexity index is 401. The average molecular weight is 207 g/mol. The van der Waals surface area contributed by atoms with Crippen molar-refractivity contribution in [3.05, 3.63) is 24.4 Å². The van der Waals surface area contributed by atoms with Crippen molar-refractivity contribution in [1.29, 1.82) is 0 Å². The Balaban J connectivity index is 2.25. The van der Waals surface area contributed by atoms with E-state index in [0.717, 1.165) is 5.75 Å². The van der Waals surface area contributed by atoms with Gasteiger partial charge in [-0.15, -0.1) is 10.2 Å². The summed E-state index contributed by atoms with van der Waals surface area (Å²) < 4.78 is 5.39. The van der Waals surface area contributed by atoms with Gasteiger partial charge in [0.2, 0.25) is 0 Å². The summed E-state index contributed by atoms with van der Waals surface area (Å²) in [5.41, 5.74) is 0.711. The van der Waals surface area contributed by atoms with Gasteiger partial charge in [0.05, 0.1) is 0 Å². The van der Waals surface area contributed by atoms with E-state index in [1.54, 1.807) is 6.20 Å². The van der Waals surface area contributed by atoms with Gasteiger partial charge in [-0.05, 0) is 17.9 Å². The lowest BCUT2D eigenvalue weighted by Gasteiger charge is -1.90. The number of hydrogen-bond donors (Lipinski definition) is 0. The lowest BCUT2D eigenvalue weighted by atomic mass is 10.3. The van der Waals surface area contributed by atoms with Crippen LogP contribution in [-0.4, -0.2) is 20.9 Å². The highest BCUT2D eigenvalue weighted by atomic mass is 32.2. The van der Waals surface area contributed by atoms with Gasteiger partial charge in [0, 0.05) is 6.20 Å². The first-order chi connectivity index (χ1) is 6.90. The molecule has 2 aromatic rings. The molecule has 0 radical (unpaired) electrons. The fourth-order valence-corrected chi connectivity index (χ4v) is 1.47. The van der Waals surface area contributed by atoms with Crippen LogP contribution in [0.15, 0.2) is 34.0 Å². The Hall–Kier alpha value is -1.36. The molecule has 0 atom stereocenters. The van der Waals surface area contributed by atoms with E-state index in [1.165, 1.54) is 11.8 Å². The number of aromatic nitrogens is 3. The molecule has 4 nitrogen and oxygen atoms in total. The van der Waals surface area contributed by atoms with Crippen molar-refractivity contribution >= 4 is 11.8 Å². The molecule has 72 valence electrons. The van der Waals surface area contributed by atoms with Gasteiger partial charge in [-0.2, -0.15) is 0 Å². The van der Waals surface area contributed by atoms with Crippen LogP contribution < -0.4 is 0 Å². The van der Waals surface area contributed by atoms with E-state index in [4.69, 9.17) is 4.42 Å². The van der Waals surface area contributed by atoms with Gasteiger partial charge in [-0.3, -0.25) is 4.98 Å². The van der Waals surface area contributed by atoms with Gasteiger partial charge in [-0.25, -0.2) is 0 Å². The van der Waals surface area contributed by atoms with Crippen molar-refractivity contribution < 1.29 is 4.42 Å². The van der Waals surface area contributed by atoms with Crippen molar-refractivity contribution in [2.45, 2.75) is 12.1 Å². The van der Waals surface area contributed by atoms with E-state index in [-0.39, 0.29) is 0 Å². The molecule has 0 spiro atoms. The zero-order chi connectivity index (χ0) is 9.80. The van der Waals surface area contributed by atoms with Crippen LogP contribution in [0, 0.1) is 0 Å². The molecule has 0 aliphatic carbocycles. The molecular weight excluding hydrogens is 198 g/mol. The first-order valence-corrected chi connectivity index (χ1v) is 5.26. The van der Waals surface area contributed by atoms with Crippen LogP contribution in [0.1, 0.15) is 6.92 Å². The van der Waals surface area contributed by atoms with Gasteiger partial charge in [-0.1, -0.05) is 24.8 Å². The van der Waals surface area contributed by atoms with Crippen molar-refractivity contribution in [3.8, 4) is 11.6 Å². The van der Waals surface area contributed by atoms with E-state index in [0.29, 0.717) is 16.8 Å². The second-order valence-corrected chi connectivity index (χ2v) is 3.74. The third-order valence-electron chi connectivity index (χ3n) is 1.56. The van der Waals surface area contributed by atoms with Crippen molar-refractivity contribution in [2.75, 3.05) is 5.75 Å². The van der Waals surface area contributed by atoms with Gasteiger partial charge in [0.25, 0.3) is 11.1 Å². The van der Waals surface area contributed by atoms with Gasteiger partial charge in [0.1, 0.15) is 5.69 Å². The Kier molecular flexibility index (Phi) is 2.78. The molecule has 0 bridgehead atoms. The number of rotatable bonds is 3. The minimum Gasteiger partial charge on any atom is -0.410 e. The second-order valence-electron chi connectivity index (χ2n) is 2.52. The predicted molar refractivity (Wildman–Crippen MR) is 53.9 cm³/mol. The van der Waals surface area contributed by atoms with Gasteiger partial charge in [0.15, 0.2) is 0 Å². The van der Waals surface area contributed by atoms with Crippen LogP contribution in [0.4, 0.5) is 0 Å². The average Bonchev–Trinajstić information content (AvgIpc) is 2.68. The van der Waals surface area contributed by atoms with Crippen LogP contribution in [0.2, 0.25) is 0 Å². The summed E-state index contributed by atoms with van der Waals surface area (Å²) in [4.78, 5) is 4.12. The molecule has 0 amide bonds. The first kappa shape index (κ1) is 9.21. The van der Waals surface area contributed by atoms with Crippen molar-refractivity contribution in [3.63, 3.8) is 0 Å². The highest BCUT2D eigenvalue weighted by Gasteiger charge is 2.08. The smallest absolute Gasteiger partial charge is 0.276 e. The quantitative estimate of drug-likeness (QED) is 0.722. The van der Waals surface area contributed by atoms with Crippen LogP contribution in [0.25, 0.3) is 11.6 Å². The van der Waals surface area contributed by atoms with Crippen molar-refractivity contribution in [2.24, 2.45) is 0 Å². The molecule has 0 aromatic carbocycles. The highest BCUT2D eigenvalue weighted by Crippen LogP contribution is 2.20. The standard InChI is InChI=1S/C9H9N3OS/c1-2-14-9-12-11-8(13-9)7-5-3-4-6-10-7/h3-6H,2H2,1H3. The minimum absolute atomic E-state index is 0.474. The Morgan fingerprint density at radius 1 is 1.36 bits per heavy atom. The number of hydrogen-bond acceptors (Lipinski definition) is 5. The van der Waals surface area contributed by atoms with Crippen LogP contribution in [-0.2, 0) is 0 Å². The number of thioether (sulfide) groups is 1. The summed E-state index contributed by atoms with van der Waals surface area (Å²) in [6, 6.07) is 5.58. The van der Waals surface area contributed by atoms with E-state index >= 15 is 0 Å². The molecule has 2 heterocycles. The minimum atomic E-state index is 0.474. The number of pyridine rings is 1. The first-order valence-electron chi connectivity index (χ1n) is 4.28. The Labute approximate surface area is 85.8 Å². The van der Waals surface area contributed by atoms with Crippen LogP contribution in [0.3, 0.4) is 0 Å². The third-order valence-corrected chi connectivity index (χ3v) is 2.26. The molecule has 0 saturated heterocycles.